The molecule has 1 aromatic carbocycles. The summed E-state index contributed by atoms with van der Waals surface area (Å²) in [4.78, 5) is 12.7. The van der Waals surface area contributed by atoms with Crippen LogP contribution >= 0.6 is 19.8 Å². The highest BCUT2D eigenvalue weighted by molar-refractivity contribution is 7.80. The lowest BCUT2D eigenvalue weighted by molar-refractivity contribution is 0.217. The van der Waals surface area contributed by atoms with Gasteiger partial charge in [0.15, 0.2) is 0 Å². The number of benzene rings is 1. The van der Waals surface area contributed by atoms with Crippen LogP contribution in [0.25, 0.3) is 0 Å². The van der Waals surface area contributed by atoms with Crippen molar-refractivity contribution >= 4 is 36.5 Å². The first kappa shape index (κ1) is 19.8. The summed E-state index contributed by atoms with van der Waals surface area (Å²) in [6, 6.07) is 8.93. The minimum atomic E-state index is -3.20. The van der Waals surface area contributed by atoms with Crippen molar-refractivity contribution in [1.82, 2.24) is 10.3 Å². The smallest absolute Gasteiger partial charge is 0.325 e. The maximum Gasteiger partial charge on any atom is 0.342 e. The van der Waals surface area contributed by atoms with Gasteiger partial charge in [0.25, 0.3) is 0 Å². The van der Waals surface area contributed by atoms with Crippen LogP contribution in [0.15, 0.2) is 30.3 Å². The Morgan fingerprint density at radius 2 is 1.84 bits per heavy atom. The quantitative estimate of drug-likeness (QED) is 0.497. The fraction of sp³-hybridized carbons (Fsp3) is 0.500. The number of carbonyl (C=O) groups excluding carboxylic acids is 1. The number of nitrogens with zero attached hydrogens (tertiary/aromatic N) is 1. The van der Waals surface area contributed by atoms with Crippen LogP contribution < -0.4 is 10.7 Å². The van der Waals surface area contributed by atoms with Gasteiger partial charge in [-0.1, -0.05) is 30.4 Å². The predicted octanol–water partition coefficient (Wildman–Crippen LogP) is 3.78. The van der Waals surface area contributed by atoms with E-state index in [1.54, 1.807) is 13.8 Å². The summed E-state index contributed by atoms with van der Waals surface area (Å²) in [6.07, 6.45) is 0.520. The molecule has 25 heavy (non-hydrogen) atoms. The first-order valence-corrected chi connectivity index (χ1v) is 10.3. The van der Waals surface area contributed by atoms with E-state index in [0.29, 0.717) is 24.6 Å². The molecule has 1 aliphatic rings. The predicted molar refractivity (Wildman–Crippen MR) is 102 cm³/mol. The van der Waals surface area contributed by atoms with Gasteiger partial charge < -0.3 is 14.4 Å². The normalized spacial score (nSPS) is 20.7. The van der Waals surface area contributed by atoms with Crippen molar-refractivity contribution in [3.05, 3.63) is 30.3 Å². The van der Waals surface area contributed by atoms with Crippen LogP contribution in [-0.4, -0.2) is 40.9 Å². The monoisotopic (exact) mass is 385 g/mol. The third-order valence-electron chi connectivity index (χ3n) is 3.81. The zero-order valence-corrected chi connectivity index (χ0v) is 16.4. The molecule has 0 spiro atoms. The number of thiocarbonyl (C=S) groups is 1. The molecule has 2 amide bonds. The van der Waals surface area contributed by atoms with Gasteiger partial charge in [0.1, 0.15) is 4.99 Å². The van der Waals surface area contributed by atoms with Crippen LogP contribution in [0.1, 0.15) is 27.2 Å². The molecule has 0 aromatic heterocycles. The highest BCUT2D eigenvalue weighted by Crippen LogP contribution is 2.49. The summed E-state index contributed by atoms with van der Waals surface area (Å²) in [5, 5.41) is 4.16. The Morgan fingerprint density at radius 3 is 2.40 bits per heavy atom. The van der Waals surface area contributed by atoms with Gasteiger partial charge in [-0.3, -0.25) is 9.99 Å². The molecule has 1 aromatic rings. The molecular formula is C16H24N3O4PS. The number of para-hydroxylation sites is 1. The summed E-state index contributed by atoms with van der Waals surface area (Å²) in [5.74, 6) is 0. The fourth-order valence-electron chi connectivity index (χ4n) is 2.52. The maximum absolute atomic E-state index is 12.6. The van der Waals surface area contributed by atoms with E-state index >= 15 is 0 Å². The van der Waals surface area contributed by atoms with Gasteiger partial charge in [0.05, 0.1) is 30.6 Å². The van der Waals surface area contributed by atoms with Crippen molar-refractivity contribution in [3.8, 4) is 0 Å². The molecule has 1 atom stereocenters. The Balaban J connectivity index is 2.07. The standard InChI is InChI=1S/C16H24N3O4PS/c1-4-22-24(21,23-5-2)12-11-16(3)14(25)19(15(20)17-16)18-13-9-7-6-8-10-13/h6-10,18H,4-5,11-12H2,1-3H3,(H,17,20). The molecule has 7 nitrogen and oxygen atoms in total. The largest absolute Gasteiger partial charge is 0.342 e. The number of carbonyl (C=O) groups is 1. The maximum atomic E-state index is 12.6. The fourth-order valence-corrected chi connectivity index (χ4v) is 4.64. The minimum absolute atomic E-state index is 0.171. The Kier molecular flexibility index (Phi) is 6.57. The highest BCUT2D eigenvalue weighted by Gasteiger charge is 2.46. The summed E-state index contributed by atoms with van der Waals surface area (Å²) in [5.41, 5.74) is 2.93. The van der Waals surface area contributed by atoms with E-state index < -0.39 is 13.1 Å². The molecule has 1 fully saturated rings. The molecule has 9 heteroatoms. The lowest BCUT2D eigenvalue weighted by Gasteiger charge is -2.26. The summed E-state index contributed by atoms with van der Waals surface area (Å²) < 4.78 is 23.3. The van der Waals surface area contributed by atoms with Gasteiger partial charge >= 0.3 is 13.6 Å². The molecule has 2 N–H and O–H groups in total. The number of rotatable bonds is 9. The van der Waals surface area contributed by atoms with E-state index in [-0.39, 0.29) is 12.2 Å². The number of hydrogen-bond donors (Lipinski definition) is 2. The number of anilines is 1. The highest BCUT2D eigenvalue weighted by atomic mass is 32.1. The zero-order chi connectivity index (χ0) is 18.5. The summed E-state index contributed by atoms with van der Waals surface area (Å²) in [6.45, 7) is 5.93. The van der Waals surface area contributed by atoms with Crippen LogP contribution in [0.2, 0.25) is 0 Å². The molecule has 1 saturated heterocycles. The molecule has 0 bridgehead atoms. The molecule has 138 valence electrons. The van der Waals surface area contributed by atoms with E-state index in [1.165, 1.54) is 5.01 Å². The van der Waals surface area contributed by atoms with Gasteiger partial charge in [-0.15, -0.1) is 0 Å². The van der Waals surface area contributed by atoms with Crippen molar-refractivity contribution in [2.75, 3.05) is 24.8 Å². The molecule has 1 unspecified atom stereocenters. The molecule has 1 heterocycles. The topological polar surface area (TPSA) is 79.9 Å². The van der Waals surface area contributed by atoms with Crippen molar-refractivity contribution in [3.63, 3.8) is 0 Å². The Bertz CT molecular complexity index is 663. The van der Waals surface area contributed by atoms with E-state index in [4.69, 9.17) is 21.3 Å². The second kappa shape index (κ2) is 8.27. The second-order valence-corrected chi connectivity index (χ2v) is 8.37. The van der Waals surface area contributed by atoms with E-state index in [2.05, 4.69) is 10.7 Å². The molecule has 1 aliphatic heterocycles. The summed E-state index contributed by atoms with van der Waals surface area (Å²) in [7, 11) is -3.20. The first-order chi connectivity index (χ1) is 11.8. The van der Waals surface area contributed by atoms with Gasteiger partial charge in [0, 0.05) is 0 Å². The van der Waals surface area contributed by atoms with Crippen LogP contribution in [0.5, 0.6) is 0 Å². The van der Waals surface area contributed by atoms with Crippen molar-refractivity contribution in [1.29, 1.82) is 0 Å². The average Bonchev–Trinajstić information content (AvgIpc) is 2.79. The molecule has 0 aliphatic carbocycles. The van der Waals surface area contributed by atoms with Crippen LogP contribution in [0.3, 0.4) is 0 Å². The molecule has 0 radical (unpaired) electrons. The van der Waals surface area contributed by atoms with E-state index in [0.717, 1.165) is 5.69 Å². The van der Waals surface area contributed by atoms with Gasteiger partial charge in [-0.05, 0) is 39.3 Å². The zero-order valence-electron chi connectivity index (χ0n) is 14.7. The van der Waals surface area contributed by atoms with E-state index in [9.17, 15) is 9.36 Å². The number of hydrogen-bond acceptors (Lipinski definition) is 6. The SMILES string of the molecule is CCOP(=O)(CCC1(C)NC(=O)N(Nc2ccccc2)C1=S)OCC. The van der Waals surface area contributed by atoms with Crippen molar-refractivity contribution in [2.24, 2.45) is 0 Å². The Morgan fingerprint density at radius 1 is 1.24 bits per heavy atom. The molecule has 0 saturated carbocycles. The van der Waals surface area contributed by atoms with E-state index in [1.807, 2.05) is 37.3 Å². The van der Waals surface area contributed by atoms with Crippen LogP contribution in [-0.2, 0) is 13.6 Å². The van der Waals surface area contributed by atoms with Crippen molar-refractivity contribution in [2.45, 2.75) is 32.7 Å². The minimum Gasteiger partial charge on any atom is -0.325 e. The average molecular weight is 385 g/mol. The van der Waals surface area contributed by atoms with Gasteiger partial charge in [-0.25, -0.2) is 4.79 Å². The molecular weight excluding hydrogens is 361 g/mol. The van der Waals surface area contributed by atoms with Crippen molar-refractivity contribution < 1.29 is 18.4 Å². The Hall–Kier alpha value is -1.47. The van der Waals surface area contributed by atoms with Gasteiger partial charge in [0.2, 0.25) is 0 Å². The second-order valence-electron chi connectivity index (χ2n) is 5.80. The number of nitrogens with one attached hydrogen (secondary N) is 2. The Labute approximate surface area is 153 Å². The number of urea groups is 1. The van der Waals surface area contributed by atoms with Crippen LogP contribution in [0, 0.1) is 0 Å². The van der Waals surface area contributed by atoms with Crippen LogP contribution in [0.4, 0.5) is 10.5 Å². The first-order valence-electron chi connectivity index (χ1n) is 8.20. The number of amides is 2. The third-order valence-corrected chi connectivity index (χ3v) is 6.52. The lowest BCUT2D eigenvalue weighted by Crippen LogP contribution is -2.44. The summed E-state index contributed by atoms with van der Waals surface area (Å²) >= 11 is 5.48. The number of hydrazine groups is 1. The lowest BCUT2D eigenvalue weighted by atomic mass is 10.0. The molecule has 2 rings (SSSR count). The third kappa shape index (κ3) is 4.79. The van der Waals surface area contributed by atoms with Gasteiger partial charge in [-0.2, -0.15) is 5.01 Å².